The highest BCUT2D eigenvalue weighted by atomic mass is 16.5. The summed E-state index contributed by atoms with van der Waals surface area (Å²) in [5, 5.41) is 2.55. The third-order valence-electron chi connectivity index (χ3n) is 2.06. The zero-order chi connectivity index (χ0) is 14.0. The summed E-state index contributed by atoms with van der Waals surface area (Å²) in [6.07, 6.45) is 1.77. The fourth-order valence-electron chi connectivity index (χ4n) is 1.30. The monoisotopic (exact) mass is 258 g/mol. The van der Waals surface area contributed by atoms with Gasteiger partial charge in [0.05, 0.1) is 6.61 Å². The molecule has 0 radical (unpaired) electrons. The number of esters is 1. The molecule has 1 unspecified atom stereocenters. The van der Waals surface area contributed by atoms with E-state index in [1.807, 2.05) is 6.92 Å². The molecule has 0 aliphatic rings. The lowest BCUT2D eigenvalue weighted by Crippen LogP contribution is -2.41. The minimum atomic E-state index is -0.636. The molecule has 0 aromatic carbocycles. The number of guanidine groups is 1. The standard InChI is InChI=1S/C11H22N4O3/c1-3-7-18-10(17)9(15-8(2)16)5-4-6-14-11(12)13/h9H,3-7H2,1-2H3,(H,15,16)(H4,12,13,14). The molecule has 0 bridgehead atoms. The predicted molar refractivity (Wildman–Crippen MR) is 68.8 cm³/mol. The van der Waals surface area contributed by atoms with Gasteiger partial charge in [-0.3, -0.25) is 9.79 Å². The molecule has 0 aliphatic carbocycles. The molecule has 0 saturated heterocycles. The van der Waals surface area contributed by atoms with Crippen LogP contribution in [0.2, 0.25) is 0 Å². The van der Waals surface area contributed by atoms with E-state index in [0.29, 0.717) is 26.0 Å². The summed E-state index contributed by atoms with van der Waals surface area (Å²) < 4.78 is 4.99. The van der Waals surface area contributed by atoms with Crippen LogP contribution in [0, 0.1) is 0 Å². The average Bonchev–Trinajstić information content (AvgIpc) is 2.29. The van der Waals surface area contributed by atoms with Gasteiger partial charge in [-0.15, -0.1) is 0 Å². The van der Waals surface area contributed by atoms with Crippen LogP contribution >= 0.6 is 0 Å². The Labute approximate surface area is 107 Å². The molecular formula is C11H22N4O3. The maximum absolute atomic E-state index is 11.6. The van der Waals surface area contributed by atoms with Crippen LogP contribution in [0.15, 0.2) is 4.99 Å². The summed E-state index contributed by atoms with van der Waals surface area (Å²) in [5.74, 6) is -0.674. The lowest BCUT2D eigenvalue weighted by atomic mass is 10.1. The number of nitrogens with one attached hydrogen (secondary N) is 1. The van der Waals surface area contributed by atoms with Crippen molar-refractivity contribution in [2.24, 2.45) is 16.5 Å². The van der Waals surface area contributed by atoms with Crippen molar-refractivity contribution >= 4 is 17.8 Å². The Hall–Kier alpha value is -1.79. The van der Waals surface area contributed by atoms with Crippen LogP contribution in [0.25, 0.3) is 0 Å². The first-order valence-electron chi connectivity index (χ1n) is 5.96. The number of carbonyl (C=O) groups excluding carboxylic acids is 2. The van der Waals surface area contributed by atoms with E-state index in [1.165, 1.54) is 6.92 Å². The quantitative estimate of drug-likeness (QED) is 0.234. The normalized spacial score (nSPS) is 11.4. The van der Waals surface area contributed by atoms with Gasteiger partial charge < -0.3 is 21.5 Å². The van der Waals surface area contributed by atoms with Gasteiger partial charge in [0, 0.05) is 13.5 Å². The summed E-state index contributed by atoms with van der Waals surface area (Å²) >= 11 is 0. The largest absolute Gasteiger partial charge is 0.464 e. The Balaban J connectivity index is 4.17. The van der Waals surface area contributed by atoms with Crippen molar-refractivity contribution in [1.29, 1.82) is 0 Å². The maximum atomic E-state index is 11.6. The number of hydrogen-bond donors (Lipinski definition) is 3. The number of carbonyl (C=O) groups is 2. The summed E-state index contributed by atoms with van der Waals surface area (Å²) in [4.78, 5) is 26.4. The Morgan fingerprint density at radius 3 is 2.56 bits per heavy atom. The van der Waals surface area contributed by atoms with Gasteiger partial charge in [0.15, 0.2) is 5.96 Å². The van der Waals surface area contributed by atoms with Crippen LogP contribution in [-0.2, 0) is 14.3 Å². The number of nitrogens with zero attached hydrogens (tertiary/aromatic N) is 1. The van der Waals surface area contributed by atoms with Gasteiger partial charge in [0.2, 0.25) is 5.91 Å². The molecule has 0 spiro atoms. The Morgan fingerprint density at radius 2 is 2.06 bits per heavy atom. The molecule has 0 saturated carbocycles. The van der Waals surface area contributed by atoms with E-state index in [2.05, 4.69) is 10.3 Å². The van der Waals surface area contributed by atoms with E-state index in [-0.39, 0.29) is 11.9 Å². The van der Waals surface area contributed by atoms with Gasteiger partial charge in [0.1, 0.15) is 6.04 Å². The summed E-state index contributed by atoms with van der Waals surface area (Å²) in [5.41, 5.74) is 10.4. The van der Waals surface area contributed by atoms with Crippen LogP contribution in [-0.4, -0.2) is 37.0 Å². The molecule has 0 aromatic heterocycles. The fourth-order valence-corrected chi connectivity index (χ4v) is 1.30. The van der Waals surface area contributed by atoms with Crippen LogP contribution in [0.1, 0.15) is 33.1 Å². The fraction of sp³-hybridized carbons (Fsp3) is 0.727. The molecule has 7 heteroatoms. The number of nitrogens with two attached hydrogens (primary N) is 2. The first kappa shape index (κ1) is 16.2. The van der Waals surface area contributed by atoms with Crippen molar-refractivity contribution in [3.8, 4) is 0 Å². The molecule has 104 valence electrons. The predicted octanol–water partition coefficient (Wildman–Crippen LogP) is -0.502. The van der Waals surface area contributed by atoms with Crippen molar-refractivity contribution in [3.63, 3.8) is 0 Å². The number of hydrogen-bond acceptors (Lipinski definition) is 4. The van der Waals surface area contributed by atoms with Gasteiger partial charge in [0.25, 0.3) is 0 Å². The molecule has 18 heavy (non-hydrogen) atoms. The smallest absolute Gasteiger partial charge is 0.328 e. The maximum Gasteiger partial charge on any atom is 0.328 e. The highest BCUT2D eigenvalue weighted by molar-refractivity contribution is 5.83. The molecular weight excluding hydrogens is 236 g/mol. The Kier molecular flexibility index (Phi) is 8.34. The van der Waals surface area contributed by atoms with E-state index in [9.17, 15) is 9.59 Å². The van der Waals surface area contributed by atoms with Gasteiger partial charge in [-0.2, -0.15) is 0 Å². The third-order valence-corrected chi connectivity index (χ3v) is 2.06. The second-order valence-electron chi connectivity index (χ2n) is 3.87. The summed E-state index contributed by atoms with van der Waals surface area (Å²) in [7, 11) is 0. The van der Waals surface area contributed by atoms with Crippen molar-refractivity contribution < 1.29 is 14.3 Å². The van der Waals surface area contributed by atoms with E-state index in [1.54, 1.807) is 0 Å². The van der Waals surface area contributed by atoms with Gasteiger partial charge >= 0.3 is 5.97 Å². The number of aliphatic imine (C=N–C) groups is 1. The first-order valence-corrected chi connectivity index (χ1v) is 5.96. The molecule has 0 heterocycles. The van der Waals surface area contributed by atoms with Crippen LogP contribution < -0.4 is 16.8 Å². The molecule has 1 amide bonds. The van der Waals surface area contributed by atoms with Crippen molar-refractivity contribution in [2.45, 2.75) is 39.2 Å². The summed E-state index contributed by atoms with van der Waals surface area (Å²) in [6.45, 7) is 4.03. The van der Waals surface area contributed by atoms with Crippen molar-refractivity contribution in [2.75, 3.05) is 13.2 Å². The second kappa shape index (κ2) is 9.26. The third kappa shape index (κ3) is 8.37. The highest BCUT2D eigenvalue weighted by Crippen LogP contribution is 2.01. The molecule has 0 aromatic rings. The average molecular weight is 258 g/mol. The van der Waals surface area contributed by atoms with Crippen LogP contribution in [0.4, 0.5) is 0 Å². The van der Waals surface area contributed by atoms with Crippen molar-refractivity contribution in [1.82, 2.24) is 5.32 Å². The van der Waals surface area contributed by atoms with Crippen LogP contribution in [0.3, 0.4) is 0 Å². The second-order valence-corrected chi connectivity index (χ2v) is 3.87. The Morgan fingerprint density at radius 1 is 1.39 bits per heavy atom. The lowest BCUT2D eigenvalue weighted by molar-refractivity contribution is -0.148. The zero-order valence-electron chi connectivity index (χ0n) is 10.9. The summed E-state index contributed by atoms with van der Waals surface area (Å²) in [6, 6.07) is -0.636. The molecule has 1 atom stereocenters. The molecule has 7 nitrogen and oxygen atoms in total. The van der Waals surface area contributed by atoms with E-state index < -0.39 is 12.0 Å². The molecule has 0 rings (SSSR count). The van der Waals surface area contributed by atoms with E-state index >= 15 is 0 Å². The molecule has 0 aliphatic heterocycles. The minimum Gasteiger partial charge on any atom is -0.464 e. The van der Waals surface area contributed by atoms with Gasteiger partial charge in [-0.25, -0.2) is 4.79 Å². The minimum absolute atomic E-state index is 0.0136. The van der Waals surface area contributed by atoms with Gasteiger partial charge in [-0.05, 0) is 19.3 Å². The highest BCUT2D eigenvalue weighted by Gasteiger charge is 2.20. The number of ether oxygens (including phenoxy) is 1. The van der Waals surface area contributed by atoms with Crippen molar-refractivity contribution in [3.05, 3.63) is 0 Å². The van der Waals surface area contributed by atoms with Crippen LogP contribution in [0.5, 0.6) is 0 Å². The topological polar surface area (TPSA) is 120 Å². The Bertz CT molecular complexity index is 301. The lowest BCUT2D eigenvalue weighted by Gasteiger charge is -2.16. The number of rotatable bonds is 8. The van der Waals surface area contributed by atoms with E-state index in [0.717, 1.165) is 6.42 Å². The molecule has 0 fully saturated rings. The number of amides is 1. The van der Waals surface area contributed by atoms with E-state index in [4.69, 9.17) is 16.2 Å². The molecule has 5 N–H and O–H groups in total. The van der Waals surface area contributed by atoms with Gasteiger partial charge in [-0.1, -0.05) is 6.92 Å². The first-order chi connectivity index (χ1) is 8.47. The SMILES string of the molecule is CCCOC(=O)C(CCCN=C(N)N)NC(C)=O. The zero-order valence-corrected chi connectivity index (χ0v) is 10.9.